The summed E-state index contributed by atoms with van der Waals surface area (Å²) in [6.07, 6.45) is 6.59. The van der Waals surface area contributed by atoms with E-state index < -0.39 is 0 Å². The van der Waals surface area contributed by atoms with E-state index in [1.54, 1.807) is 6.20 Å². The molecule has 0 atom stereocenters. The summed E-state index contributed by atoms with van der Waals surface area (Å²) in [5.41, 5.74) is 2.07. The number of imidazole rings is 1. The molecule has 2 aromatic heterocycles. The Morgan fingerprint density at radius 2 is 1.88 bits per heavy atom. The largest absolute Gasteiger partial charge is 0.345 e. The fourth-order valence-corrected chi connectivity index (χ4v) is 3.71. The molecule has 0 unspecified atom stereocenters. The van der Waals surface area contributed by atoms with E-state index in [1.807, 2.05) is 27.7 Å². The molecule has 1 saturated heterocycles. The second kappa shape index (κ2) is 7.27. The first-order valence-electron chi connectivity index (χ1n) is 9.31. The summed E-state index contributed by atoms with van der Waals surface area (Å²) in [6, 6.07) is 5.60. The SMILES string of the molecule is O=C(NCc1ccccn1)c1nc(C(=O)N2CCCC2)n2c1CCCC2. The van der Waals surface area contributed by atoms with E-state index in [1.165, 1.54) is 0 Å². The van der Waals surface area contributed by atoms with Gasteiger partial charge in [-0.2, -0.15) is 0 Å². The molecule has 0 spiro atoms. The van der Waals surface area contributed by atoms with Crippen LogP contribution in [0.1, 0.15) is 58.2 Å². The lowest BCUT2D eigenvalue weighted by Gasteiger charge is -2.19. The van der Waals surface area contributed by atoms with Crippen molar-refractivity contribution in [2.75, 3.05) is 13.1 Å². The van der Waals surface area contributed by atoms with Gasteiger partial charge < -0.3 is 14.8 Å². The molecule has 136 valence electrons. The van der Waals surface area contributed by atoms with Crippen LogP contribution in [-0.2, 0) is 19.5 Å². The van der Waals surface area contributed by atoms with Gasteiger partial charge in [-0.15, -0.1) is 0 Å². The van der Waals surface area contributed by atoms with E-state index in [0.29, 0.717) is 18.1 Å². The number of hydrogen-bond acceptors (Lipinski definition) is 4. The number of carbonyl (C=O) groups excluding carboxylic acids is 2. The first kappa shape index (κ1) is 16.8. The van der Waals surface area contributed by atoms with Gasteiger partial charge in [-0.25, -0.2) is 4.98 Å². The van der Waals surface area contributed by atoms with Crippen molar-refractivity contribution in [2.24, 2.45) is 0 Å². The van der Waals surface area contributed by atoms with Crippen molar-refractivity contribution in [3.05, 3.63) is 47.3 Å². The Morgan fingerprint density at radius 1 is 1.08 bits per heavy atom. The second-order valence-corrected chi connectivity index (χ2v) is 6.84. The Balaban J connectivity index is 1.57. The van der Waals surface area contributed by atoms with E-state index >= 15 is 0 Å². The predicted molar refractivity (Wildman–Crippen MR) is 95.7 cm³/mol. The third-order valence-electron chi connectivity index (χ3n) is 5.07. The highest BCUT2D eigenvalue weighted by Crippen LogP contribution is 2.23. The number of nitrogens with zero attached hydrogens (tertiary/aromatic N) is 4. The van der Waals surface area contributed by atoms with Gasteiger partial charge in [0.2, 0.25) is 0 Å². The molecule has 7 heteroatoms. The van der Waals surface area contributed by atoms with E-state index in [-0.39, 0.29) is 11.8 Å². The molecule has 2 aliphatic rings. The first-order chi connectivity index (χ1) is 12.7. The highest BCUT2D eigenvalue weighted by atomic mass is 16.2. The van der Waals surface area contributed by atoms with Gasteiger partial charge in [-0.1, -0.05) is 6.07 Å². The molecule has 0 aromatic carbocycles. The normalized spacial score (nSPS) is 16.4. The summed E-state index contributed by atoms with van der Waals surface area (Å²) in [6.45, 7) is 2.66. The molecule has 1 N–H and O–H groups in total. The predicted octanol–water partition coefficient (Wildman–Crippen LogP) is 1.78. The van der Waals surface area contributed by atoms with E-state index in [2.05, 4.69) is 15.3 Å². The van der Waals surface area contributed by atoms with Crippen molar-refractivity contribution in [1.29, 1.82) is 0 Å². The average Bonchev–Trinajstić information content (AvgIpc) is 3.35. The topological polar surface area (TPSA) is 80.1 Å². The van der Waals surface area contributed by atoms with Crippen molar-refractivity contribution in [1.82, 2.24) is 24.8 Å². The van der Waals surface area contributed by atoms with Crippen molar-refractivity contribution in [3.63, 3.8) is 0 Å². The minimum absolute atomic E-state index is 0.0468. The monoisotopic (exact) mass is 353 g/mol. The standard InChI is InChI=1S/C19H23N5O2/c25-18(21-13-14-7-1-3-9-20-14)16-15-8-2-4-12-24(15)17(22-16)19(26)23-10-5-6-11-23/h1,3,7,9H,2,4-6,8,10-13H2,(H,21,25). The van der Waals surface area contributed by atoms with Crippen LogP contribution < -0.4 is 5.32 Å². The molecule has 0 radical (unpaired) electrons. The van der Waals surface area contributed by atoms with Gasteiger partial charge in [0.25, 0.3) is 11.8 Å². The molecule has 2 amide bonds. The lowest BCUT2D eigenvalue weighted by molar-refractivity contribution is 0.0774. The van der Waals surface area contributed by atoms with Gasteiger partial charge in [0, 0.05) is 25.8 Å². The van der Waals surface area contributed by atoms with Crippen LogP contribution in [0.4, 0.5) is 0 Å². The molecule has 26 heavy (non-hydrogen) atoms. The zero-order chi connectivity index (χ0) is 17.9. The van der Waals surface area contributed by atoms with Gasteiger partial charge >= 0.3 is 0 Å². The molecule has 0 saturated carbocycles. The highest BCUT2D eigenvalue weighted by Gasteiger charge is 2.30. The van der Waals surface area contributed by atoms with E-state index in [0.717, 1.165) is 63.1 Å². The van der Waals surface area contributed by atoms with Gasteiger partial charge in [0.1, 0.15) is 5.69 Å². The third-order valence-corrected chi connectivity index (χ3v) is 5.07. The molecule has 4 rings (SSSR count). The maximum absolute atomic E-state index is 12.8. The minimum Gasteiger partial charge on any atom is -0.345 e. The maximum atomic E-state index is 12.8. The van der Waals surface area contributed by atoms with Crippen LogP contribution in [0.3, 0.4) is 0 Å². The number of carbonyl (C=O) groups is 2. The number of hydrogen-bond donors (Lipinski definition) is 1. The third kappa shape index (κ3) is 3.21. The smallest absolute Gasteiger partial charge is 0.289 e. The van der Waals surface area contributed by atoms with Crippen molar-refractivity contribution in [2.45, 2.75) is 45.2 Å². The Hall–Kier alpha value is -2.70. The molecule has 7 nitrogen and oxygen atoms in total. The summed E-state index contributed by atoms with van der Waals surface area (Å²) in [5, 5.41) is 2.88. The Kier molecular flexibility index (Phi) is 4.69. The van der Waals surface area contributed by atoms with Crippen molar-refractivity contribution < 1.29 is 9.59 Å². The van der Waals surface area contributed by atoms with Crippen LogP contribution in [-0.4, -0.2) is 44.3 Å². The van der Waals surface area contributed by atoms with Crippen LogP contribution >= 0.6 is 0 Å². The Labute approximate surface area is 152 Å². The number of amides is 2. The van der Waals surface area contributed by atoms with Crippen LogP contribution in [0, 0.1) is 0 Å². The Bertz CT molecular complexity index is 809. The van der Waals surface area contributed by atoms with E-state index in [4.69, 9.17) is 0 Å². The molecule has 1 fully saturated rings. The summed E-state index contributed by atoms with van der Waals surface area (Å²) in [4.78, 5) is 36.1. The molecule has 0 bridgehead atoms. The maximum Gasteiger partial charge on any atom is 0.289 e. The first-order valence-corrected chi connectivity index (χ1v) is 9.31. The molecule has 2 aliphatic heterocycles. The minimum atomic E-state index is -0.234. The quantitative estimate of drug-likeness (QED) is 0.909. The lowest BCUT2D eigenvalue weighted by atomic mass is 10.1. The Morgan fingerprint density at radius 3 is 2.65 bits per heavy atom. The zero-order valence-corrected chi connectivity index (χ0v) is 14.8. The number of aromatic nitrogens is 3. The number of pyridine rings is 1. The number of nitrogens with one attached hydrogen (secondary N) is 1. The zero-order valence-electron chi connectivity index (χ0n) is 14.8. The molecule has 0 aliphatic carbocycles. The second-order valence-electron chi connectivity index (χ2n) is 6.84. The lowest BCUT2D eigenvalue weighted by Crippen LogP contribution is -2.31. The fourth-order valence-electron chi connectivity index (χ4n) is 3.71. The van der Waals surface area contributed by atoms with Gasteiger partial charge in [0.15, 0.2) is 5.82 Å². The van der Waals surface area contributed by atoms with Gasteiger partial charge in [-0.3, -0.25) is 14.6 Å². The van der Waals surface area contributed by atoms with Crippen molar-refractivity contribution in [3.8, 4) is 0 Å². The average molecular weight is 353 g/mol. The summed E-state index contributed by atoms with van der Waals surface area (Å²) in [7, 11) is 0. The fraction of sp³-hybridized carbons (Fsp3) is 0.474. The molecular formula is C19H23N5O2. The molecule has 2 aromatic rings. The van der Waals surface area contributed by atoms with Gasteiger partial charge in [0.05, 0.1) is 17.9 Å². The van der Waals surface area contributed by atoms with Crippen LogP contribution in [0.15, 0.2) is 24.4 Å². The number of likely N-dealkylation sites (tertiary alicyclic amines) is 1. The van der Waals surface area contributed by atoms with Crippen LogP contribution in [0.2, 0.25) is 0 Å². The van der Waals surface area contributed by atoms with Crippen LogP contribution in [0.25, 0.3) is 0 Å². The number of rotatable bonds is 4. The molecular weight excluding hydrogens is 330 g/mol. The summed E-state index contributed by atoms with van der Waals surface area (Å²) in [5.74, 6) is 0.140. The van der Waals surface area contributed by atoms with Crippen LogP contribution in [0.5, 0.6) is 0 Å². The summed E-state index contributed by atoms with van der Waals surface area (Å²) < 4.78 is 1.96. The number of fused-ring (bicyclic) bond motifs is 1. The van der Waals surface area contributed by atoms with Crippen molar-refractivity contribution >= 4 is 11.8 Å². The molecule has 4 heterocycles. The van der Waals surface area contributed by atoms with E-state index in [9.17, 15) is 9.59 Å². The summed E-state index contributed by atoms with van der Waals surface area (Å²) >= 11 is 0. The highest BCUT2D eigenvalue weighted by molar-refractivity contribution is 5.97. The van der Waals surface area contributed by atoms with Gasteiger partial charge in [-0.05, 0) is 44.2 Å².